The van der Waals surface area contributed by atoms with Crippen molar-refractivity contribution in [3.63, 3.8) is 0 Å². The van der Waals surface area contributed by atoms with Gasteiger partial charge in [-0.15, -0.1) is 0 Å². The van der Waals surface area contributed by atoms with E-state index in [4.69, 9.17) is 5.26 Å². The van der Waals surface area contributed by atoms with E-state index in [0.29, 0.717) is 12.6 Å². The zero-order valence-electron chi connectivity index (χ0n) is 10.5. The minimum Gasteiger partial charge on any atom is -0.370 e. The van der Waals surface area contributed by atoms with Crippen LogP contribution in [0.1, 0.15) is 17.5 Å². The Kier molecular flexibility index (Phi) is 3.65. The first-order chi connectivity index (χ1) is 8.20. The van der Waals surface area contributed by atoms with Crippen molar-refractivity contribution in [2.24, 2.45) is 0 Å². The molecule has 0 aliphatic carbocycles. The van der Waals surface area contributed by atoms with Gasteiger partial charge in [-0.2, -0.15) is 5.26 Å². The molecular weight excluding hydrogens is 210 g/mol. The summed E-state index contributed by atoms with van der Waals surface area (Å²) in [6, 6.07) is 9.19. The van der Waals surface area contributed by atoms with Crippen molar-refractivity contribution in [1.82, 2.24) is 5.32 Å². The zero-order valence-corrected chi connectivity index (χ0v) is 10.5. The molecule has 17 heavy (non-hydrogen) atoms. The zero-order chi connectivity index (χ0) is 12.3. The molecule has 1 aromatic carbocycles. The van der Waals surface area contributed by atoms with Crippen LogP contribution in [0.15, 0.2) is 18.2 Å². The van der Waals surface area contributed by atoms with Crippen molar-refractivity contribution in [1.29, 1.82) is 5.26 Å². The summed E-state index contributed by atoms with van der Waals surface area (Å²) in [4.78, 5) is 2.41. The van der Waals surface area contributed by atoms with E-state index in [9.17, 15) is 0 Å². The molecule has 1 aromatic rings. The van der Waals surface area contributed by atoms with Crippen molar-refractivity contribution < 1.29 is 0 Å². The van der Waals surface area contributed by atoms with E-state index in [0.717, 1.165) is 19.5 Å². The van der Waals surface area contributed by atoms with Gasteiger partial charge in [0, 0.05) is 24.8 Å². The van der Waals surface area contributed by atoms with Crippen LogP contribution in [-0.4, -0.2) is 25.7 Å². The number of nitriles is 1. The van der Waals surface area contributed by atoms with Crippen molar-refractivity contribution in [2.45, 2.75) is 26.3 Å². The summed E-state index contributed by atoms with van der Waals surface area (Å²) in [5, 5.41) is 11.8. The first-order valence-corrected chi connectivity index (χ1v) is 6.13. The molecule has 1 fully saturated rings. The summed E-state index contributed by atoms with van der Waals surface area (Å²) < 4.78 is 0. The Bertz CT molecular complexity index is 434. The van der Waals surface area contributed by atoms with Crippen molar-refractivity contribution >= 4 is 5.69 Å². The third kappa shape index (κ3) is 2.78. The minimum absolute atomic E-state index is 0.450. The van der Waals surface area contributed by atoms with Gasteiger partial charge in [-0.25, -0.2) is 0 Å². The van der Waals surface area contributed by atoms with E-state index in [1.54, 1.807) is 0 Å². The van der Waals surface area contributed by atoms with E-state index in [2.05, 4.69) is 48.3 Å². The third-order valence-corrected chi connectivity index (χ3v) is 3.35. The molecule has 0 radical (unpaired) electrons. The van der Waals surface area contributed by atoms with Crippen LogP contribution < -0.4 is 10.2 Å². The predicted octanol–water partition coefficient (Wildman–Crippen LogP) is 2.00. The summed E-state index contributed by atoms with van der Waals surface area (Å²) in [5.41, 5.74) is 3.98. The summed E-state index contributed by atoms with van der Waals surface area (Å²) in [7, 11) is 0. The van der Waals surface area contributed by atoms with Crippen molar-refractivity contribution in [2.75, 3.05) is 24.5 Å². The molecule has 1 heterocycles. The van der Waals surface area contributed by atoms with Gasteiger partial charge in [-0.3, -0.25) is 5.32 Å². The Labute approximate surface area is 103 Å². The second kappa shape index (κ2) is 5.20. The van der Waals surface area contributed by atoms with E-state index >= 15 is 0 Å². The summed E-state index contributed by atoms with van der Waals surface area (Å²) in [6.07, 6.45) is 1.12. The molecule has 90 valence electrons. The maximum atomic E-state index is 8.56. The first kappa shape index (κ1) is 11.9. The lowest BCUT2D eigenvalue weighted by molar-refractivity contribution is 0.591. The fraction of sp³-hybridized carbons (Fsp3) is 0.500. The smallest absolute Gasteiger partial charge is 0.0843 e. The molecule has 0 saturated carbocycles. The first-order valence-electron chi connectivity index (χ1n) is 6.13. The summed E-state index contributed by atoms with van der Waals surface area (Å²) >= 11 is 0. The van der Waals surface area contributed by atoms with Gasteiger partial charge in [0.2, 0.25) is 0 Å². The number of rotatable bonds is 3. The second-order valence-corrected chi connectivity index (χ2v) is 4.76. The Hall–Kier alpha value is -1.53. The van der Waals surface area contributed by atoms with E-state index in [1.807, 2.05) is 0 Å². The highest BCUT2D eigenvalue weighted by Crippen LogP contribution is 2.24. The molecule has 1 unspecified atom stereocenters. The van der Waals surface area contributed by atoms with Gasteiger partial charge in [0.1, 0.15) is 0 Å². The number of hydrogen-bond acceptors (Lipinski definition) is 3. The molecular formula is C14H19N3. The molecule has 0 aromatic heterocycles. The number of hydrogen-bond donors (Lipinski definition) is 1. The third-order valence-electron chi connectivity index (χ3n) is 3.35. The molecule has 0 bridgehead atoms. The van der Waals surface area contributed by atoms with Gasteiger partial charge in [-0.05, 0) is 31.9 Å². The standard InChI is InChI=1S/C14H19N3/c1-11-3-4-14(12(2)9-11)17-8-5-13(10-17)16-7-6-15/h3-4,9,13,16H,5,7-8,10H2,1-2H3. The number of aryl methyl sites for hydroxylation is 2. The van der Waals surface area contributed by atoms with Gasteiger partial charge >= 0.3 is 0 Å². The van der Waals surface area contributed by atoms with Gasteiger partial charge in [-0.1, -0.05) is 17.7 Å². The molecule has 2 rings (SSSR count). The lowest BCUT2D eigenvalue weighted by atomic mass is 10.1. The molecule has 1 saturated heterocycles. The predicted molar refractivity (Wildman–Crippen MR) is 70.1 cm³/mol. The number of nitrogens with zero attached hydrogens (tertiary/aromatic N) is 2. The highest BCUT2D eigenvalue weighted by atomic mass is 15.2. The number of nitrogens with one attached hydrogen (secondary N) is 1. The van der Waals surface area contributed by atoms with E-state index in [1.165, 1.54) is 16.8 Å². The van der Waals surface area contributed by atoms with Gasteiger partial charge in [0.05, 0.1) is 12.6 Å². The summed E-state index contributed by atoms with van der Waals surface area (Å²) in [6.45, 7) is 6.82. The van der Waals surface area contributed by atoms with Crippen LogP contribution in [-0.2, 0) is 0 Å². The maximum Gasteiger partial charge on any atom is 0.0843 e. The molecule has 1 aliphatic heterocycles. The van der Waals surface area contributed by atoms with Crippen LogP contribution >= 0.6 is 0 Å². The molecule has 0 spiro atoms. The highest BCUT2D eigenvalue weighted by Gasteiger charge is 2.22. The van der Waals surface area contributed by atoms with Crippen LogP contribution in [0, 0.1) is 25.2 Å². The maximum absolute atomic E-state index is 8.56. The van der Waals surface area contributed by atoms with E-state index in [-0.39, 0.29) is 0 Å². The molecule has 1 aliphatic rings. The lowest BCUT2D eigenvalue weighted by Crippen LogP contribution is -2.32. The molecule has 0 amide bonds. The molecule has 1 N–H and O–H groups in total. The number of anilines is 1. The van der Waals surface area contributed by atoms with Crippen molar-refractivity contribution in [3.05, 3.63) is 29.3 Å². The van der Waals surface area contributed by atoms with Gasteiger partial charge in [0.15, 0.2) is 0 Å². The largest absolute Gasteiger partial charge is 0.370 e. The Morgan fingerprint density at radius 3 is 3.00 bits per heavy atom. The topological polar surface area (TPSA) is 39.1 Å². The Morgan fingerprint density at radius 1 is 1.47 bits per heavy atom. The average Bonchev–Trinajstić information content (AvgIpc) is 2.75. The molecule has 1 atom stereocenters. The van der Waals surface area contributed by atoms with Crippen LogP contribution in [0.3, 0.4) is 0 Å². The minimum atomic E-state index is 0.450. The van der Waals surface area contributed by atoms with Crippen LogP contribution in [0.4, 0.5) is 5.69 Å². The number of benzene rings is 1. The quantitative estimate of drug-likeness (QED) is 0.806. The highest BCUT2D eigenvalue weighted by molar-refractivity contribution is 5.55. The van der Waals surface area contributed by atoms with E-state index < -0.39 is 0 Å². The van der Waals surface area contributed by atoms with Crippen LogP contribution in [0.5, 0.6) is 0 Å². The monoisotopic (exact) mass is 229 g/mol. The normalized spacial score (nSPS) is 19.4. The average molecular weight is 229 g/mol. The fourth-order valence-corrected chi connectivity index (χ4v) is 2.50. The Balaban J connectivity index is 2.03. The van der Waals surface area contributed by atoms with Gasteiger partial charge in [0.25, 0.3) is 0 Å². The fourth-order valence-electron chi connectivity index (χ4n) is 2.50. The van der Waals surface area contributed by atoms with Gasteiger partial charge < -0.3 is 4.90 Å². The van der Waals surface area contributed by atoms with Crippen LogP contribution in [0.2, 0.25) is 0 Å². The second-order valence-electron chi connectivity index (χ2n) is 4.76. The SMILES string of the molecule is Cc1ccc(N2CCC(NCC#N)C2)c(C)c1. The lowest BCUT2D eigenvalue weighted by Gasteiger charge is -2.21. The molecule has 3 nitrogen and oxygen atoms in total. The Morgan fingerprint density at radius 2 is 2.29 bits per heavy atom. The van der Waals surface area contributed by atoms with Crippen LogP contribution in [0.25, 0.3) is 0 Å². The summed E-state index contributed by atoms with van der Waals surface area (Å²) in [5.74, 6) is 0. The molecule has 3 heteroatoms. The van der Waals surface area contributed by atoms with Crippen molar-refractivity contribution in [3.8, 4) is 6.07 Å².